The van der Waals surface area contributed by atoms with E-state index in [-0.39, 0.29) is 0 Å². The molecule has 0 radical (unpaired) electrons. The first-order chi connectivity index (χ1) is 14.1. The molecule has 0 atom stereocenters. The van der Waals surface area contributed by atoms with E-state index in [1.54, 1.807) is 0 Å². The molecule has 0 unspecified atom stereocenters. The van der Waals surface area contributed by atoms with Crippen molar-refractivity contribution < 1.29 is 0 Å². The summed E-state index contributed by atoms with van der Waals surface area (Å²) < 4.78 is 1.30. The second-order valence-electron chi connectivity index (χ2n) is 7.89. The summed E-state index contributed by atoms with van der Waals surface area (Å²) >= 11 is 1.82. The van der Waals surface area contributed by atoms with Gasteiger partial charge < -0.3 is 9.80 Å². The predicted molar refractivity (Wildman–Crippen MR) is 125 cm³/mol. The van der Waals surface area contributed by atoms with Crippen LogP contribution < -0.4 is 9.80 Å². The highest BCUT2D eigenvalue weighted by Gasteiger charge is 2.21. The first kappa shape index (κ1) is 18.4. The van der Waals surface area contributed by atoms with E-state index in [4.69, 9.17) is 9.97 Å². The molecule has 148 valence electrons. The number of benzene rings is 2. The summed E-state index contributed by atoms with van der Waals surface area (Å²) in [6.07, 6.45) is 1.07. The maximum absolute atomic E-state index is 5.01. The molecule has 1 fully saturated rings. The van der Waals surface area contributed by atoms with Crippen LogP contribution in [0.2, 0.25) is 0 Å². The number of rotatable bonds is 3. The van der Waals surface area contributed by atoms with Crippen LogP contribution in [0.25, 0.3) is 21.1 Å². The topological polar surface area (TPSA) is 32.3 Å². The van der Waals surface area contributed by atoms with Crippen molar-refractivity contribution in [2.75, 3.05) is 36.0 Å². The predicted octanol–water partition coefficient (Wildman–Crippen LogP) is 5.35. The third-order valence-electron chi connectivity index (χ3n) is 5.96. The number of nitrogens with zero attached hydrogens (tertiary/aromatic N) is 4. The maximum Gasteiger partial charge on any atom is 0.186 e. The van der Waals surface area contributed by atoms with E-state index in [2.05, 4.69) is 73.0 Å². The lowest BCUT2D eigenvalue weighted by Crippen LogP contribution is -2.46. The molecular formula is C24H26N4S. The van der Waals surface area contributed by atoms with Crippen molar-refractivity contribution in [2.24, 2.45) is 0 Å². The van der Waals surface area contributed by atoms with Gasteiger partial charge in [0, 0.05) is 31.6 Å². The number of anilines is 2. The Kier molecular flexibility index (Phi) is 4.63. The minimum atomic E-state index is 0.972. The van der Waals surface area contributed by atoms with Gasteiger partial charge >= 0.3 is 0 Å². The van der Waals surface area contributed by atoms with Gasteiger partial charge in [0.15, 0.2) is 5.13 Å². The number of piperazine rings is 1. The van der Waals surface area contributed by atoms with Crippen LogP contribution >= 0.6 is 11.3 Å². The Hall–Kier alpha value is -2.66. The van der Waals surface area contributed by atoms with E-state index in [9.17, 15) is 0 Å². The molecule has 0 amide bonds. The maximum atomic E-state index is 5.01. The van der Waals surface area contributed by atoms with E-state index in [0.717, 1.165) is 54.6 Å². The number of aromatic nitrogens is 2. The zero-order valence-electron chi connectivity index (χ0n) is 17.3. The number of hydrogen-bond acceptors (Lipinski definition) is 5. The Balaban J connectivity index is 1.36. The average Bonchev–Trinajstić information content (AvgIpc) is 3.18. The summed E-state index contributed by atoms with van der Waals surface area (Å²) in [7, 11) is 0. The van der Waals surface area contributed by atoms with E-state index >= 15 is 0 Å². The fourth-order valence-electron chi connectivity index (χ4n) is 4.14. The van der Waals surface area contributed by atoms with Crippen molar-refractivity contribution in [3.8, 4) is 0 Å². The normalized spacial score (nSPS) is 14.9. The van der Waals surface area contributed by atoms with E-state index < -0.39 is 0 Å². The molecule has 2 aromatic carbocycles. The quantitative estimate of drug-likeness (QED) is 0.462. The molecule has 3 heterocycles. The lowest BCUT2D eigenvalue weighted by molar-refractivity contribution is 0.647. The first-order valence-corrected chi connectivity index (χ1v) is 11.2. The highest BCUT2D eigenvalue weighted by molar-refractivity contribution is 7.22. The molecule has 0 bridgehead atoms. The summed E-state index contributed by atoms with van der Waals surface area (Å²) in [6.45, 7) is 10.4. The number of aryl methyl sites for hydroxylation is 3. The fourth-order valence-corrected chi connectivity index (χ4v) is 5.23. The molecule has 0 saturated carbocycles. The Morgan fingerprint density at radius 1 is 0.897 bits per heavy atom. The Bertz CT molecular complexity index is 1190. The van der Waals surface area contributed by atoms with Gasteiger partial charge in [-0.15, -0.1) is 0 Å². The summed E-state index contributed by atoms with van der Waals surface area (Å²) in [6, 6.07) is 15.3. The molecule has 1 saturated heterocycles. The van der Waals surface area contributed by atoms with Crippen LogP contribution in [0.1, 0.15) is 23.6 Å². The summed E-state index contributed by atoms with van der Waals surface area (Å²) in [5, 5.41) is 2.40. The van der Waals surface area contributed by atoms with Crippen molar-refractivity contribution >= 4 is 43.4 Å². The molecule has 5 heteroatoms. The Labute approximate surface area is 175 Å². The largest absolute Gasteiger partial charge is 0.353 e. The molecular weight excluding hydrogens is 376 g/mol. The lowest BCUT2D eigenvalue weighted by atomic mass is 10.1. The zero-order chi connectivity index (χ0) is 20.0. The molecule has 0 N–H and O–H groups in total. The zero-order valence-corrected chi connectivity index (χ0v) is 18.1. The molecule has 29 heavy (non-hydrogen) atoms. The molecule has 1 aliphatic rings. The van der Waals surface area contributed by atoms with Crippen LogP contribution in [0.15, 0.2) is 42.5 Å². The van der Waals surface area contributed by atoms with Crippen LogP contribution in [-0.4, -0.2) is 36.1 Å². The minimum absolute atomic E-state index is 0.972. The van der Waals surface area contributed by atoms with Crippen LogP contribution in [0.3, 0.4) is 0 Å². The van der Waals surface area contributed by atoms with E-state index in [1.165, 1.54) is 26.8 Å². The molecule has 4 nitrogen and oxygen atoms in total. The van der Waals surface area contributed by atoms with Crippen LogP contribution in [-0.2, 0) is 6.42 Å². The molecule has 0 spiro atoms. The SMILES string of the molecule is CCc1ccc2nc(N3CCN(c4cc(C)c5cccc(C)c5n4)CC3)sc2c1. The lowest BCUT2D eigenvalue weighted by Gasteiger charge is -2.35. The van der Waals surface area contributed by atoms with Crippen molar-refractivity contribution in [3.05, 3.63) is 59.2 Å². The molecule has 4 aromatic rings. The first-order valence-electron chi connectivity index (χ1n) is 10.4. The van der Waals surface area contributed by atoms with Crippen LogP contribution in [0.5, 0.6) is 0 Å². The molecule has 1 aliphatic heterocycles. The number of thiazole rings is 1. The molecule has 5 rings (SSSR count). The number of pyridine rings is 1. The Morgan fingerprint density at radius 3 is 2.48 bits per heavy atom. The summed E-state index contributed by atoms with van der Waals surface area (Å²) in [5.74, 6) is 1.10. The van der Waals surface area contributed by atoms with Gasteiger partial charge in [-0.25, -0.2) is 9.97 Å². The van der Waals surface area contributed by atoms with E-state index in [1.807, 2.05) is 11.3 Å². The van der Waals surface area contributed by atoms with Gasteiger partial charge in [-0.3, -0.25) is 0 Å². The standard InChI is InChI=1S/C24H26N4S/c1-4-18-8-9-20-21(15-18)29-24(25-20)28-12-10-27(11-13-28)22-14-17(3)19-7-5-6-16(2)23(19)26-22/h5-9,14-15H,4,10-13H2,1-3H3. The van der Waals surface area contributed by atoms with Gasteiger partial charge in [0.2, 0.25) is 0 Å². The second-order valence-corrected chi connectivity index (χ2v) is 8.90. The van der Waals surface area contributed by atoms with Crippen LogP contribution in [0.4, 0.5) is 10.9 Å². The van der Waals surface area contributed by atoms with Gasteiger partial charge in [0.05, 0.1) is 15.7 Å². The monoisotopic (exact) mass is 402 g/mol. The number of fused-ring (bicyclic) bond motifs is 2. The van der Waals surface area contributed by atoms with E-state index in [0.29, 0.717) is 0 Å². The van der Waals surface area contributed by atoms with Crippen molar-refractivity contribution in [1.29, 1.82) is 0 Å². The highest BCUT2D eigenvalue weighted by atomic mass is 32.1. The molecule has 0 aliphatic carbocycles. The summed E-state index contributed by atoms with van der Waals surface area (Å²) in [5.41, 5.74) is 6.17. The van der Waals surface area contributed by atoms with Crippen molar-refractivity contribution in [2.45, 2.75) is 27.2 Å². The summed E-state index contributed by atoms with van der Waals surface area (Å²) in [4.78, 5) is 14.7. The fraction of sp³-hybridized carbons (Fsp3) is 0.333. The van der Waals surface area contributed by atoms with Gasteiger partial charge in [-0.2, -0.15) is 0 Å². The molecule has 2 aromatic heterocycles. The van der Waals surface area contributed by atoms with Crippen molar-refractivity contribution in [3.63, 3.8) is 0 Å². The highest BCUT2D eigenvalue weighted by Crippen LogP contribution is 2.31. The number of hydrogen-bond donors (Lipinski definition) is 0. The minimum Gasteiger partial charge on any atom is -0.353 e. The third kappa shape index (κ3) is 3.33. The Morgan fingerprint density at radius 2 is 1.69 bits per heavy atom. The van der Waals surface area contributed by atoms with Gasteiger partial charge in [0.1, 0.15) is 5.82 Å². The van der Waals surface area contributed by atoms with Crippen molar-refractivity contribution in [1.82, 2.24) is 9.97 Å². The second kappa shape index (κ2) is 7.30. The van der Waals surface area contributed by atoms with Gasteiger partial charge in [-0.05, 0) is 55.2 Å². The average molecular weight is 403 g/mol. The van der Waals surface area contributed by atoms with Gasteiger partial charge in [-0.1, -0.05) is 42.5 Å². The third-order valence-corrected chi connectivity index (χ3v) is 7.04. The van der Waals surface area contributed by atoms with Crippen LogP contribution in [0, 0.1) is 13.8 Å². The van der Waals surface area contributed by atoms with Gasteiger partial charge in [0.25, 0.3) is 0 Å². The number of para-hydroxylation sites is 1. The smallest absolute Gasteiger partial charge is 0.186 e.